The average Bonchev–Trinajstić information content (AvgIpc) is 2.44. The fraction of sp³-hybridized carbons (Fsp3) is 0.143. The van der Waals surface area contributed by atoms with Gasteiger partial charge in [-0.05, 0) is 35.9 Å². The van der Waals surface area contributed by atoms with Crippen LogP contribution < -0.4 is 5.73 Å². The molecule has 0 unspecified atom stereocenters. The summed E-state index contributed by atoms with van der Waals surface area (Å²) in [6.45, 7) is 0.239. The molecule has 0 fully saturated rings. The van der Waals surface area contributed by atoms with Gasteiger partial charge in [-0.2, -0.15) is 4.31 Å². The maximum Gasteiger partial charge on any atom is 0.243 e. The van der Waals surface area contributed by atoms with Crippen LogP contribution in [0.1, 0.15) is 5.56 Å². The second kappa shape index (κ2) is 6.23. The molecular weight excluding hydrogens is 331 g/mol. The summed E-state index contributed by atoms with van der Waals surface area (Å²) in [7, 11) is -2.12. The Kier molecular flexibility index (Phi) is 4.78. The SMILES string of the molecule is CN(Cc1ccc(N)cc1)S(=O)(=O)c1ccc(Cl)c(Cl)c1. The summed E-state index contributed by atoms with van der Waals surface area (Å²) in [4.78, 5) is 0.106. The molecule has 0 aliphatic heterocycles. The maximum absolute atomic E-state index is 12.5. The van der Waals surface area contributed by atoms with Gasteiger partial charge in [-0.25, -0.2) is 8.42 Å². The van der Waals surface area contributed by atoms with E-state index in [1.54, 1.807) is 24.3 Å². The molecule has 2 aromatic rings. The molecule has 0 aromatic heterocycles. The van der Waals surface area contributed by atoms with Crippen molar-refractivity contribution < 1.29 is 8.42 Å². The molecule has 4 nitrogen and oxygen atoms in total. The molecule has 0 saturated carbocycles. The number of nitrogens with two attached hydrogens (primary N) is 1. The molecule has 0 bridgehead atoms. The fourth-order valence-corrected chi connectivity index (χ4v) is 3.33. The Morgan fingerprint density at radius 2 is 1.67 bits per heavy atom. The molecule has 0 aliphatic rings. The van der Waals surface area contributed by atoms with Crippen molar-refractivity contribution in [1.82, 2.24) is 4.31 Å². The molecule has 112 valence electrons. The lowest BCUT2D eigenvalue weighted by atomic mass is 10.2. The van der Waals surface area contributed by atoms with E-state index in [0.717, 1.165) is 5.56 Å². The molecule has 0 amide bonds. The summed E-state index contributed by atoms with van der Waals surface area (Å²) in [5.74, 6) is 0. The highest BCUT2D eigenvalue weighted by Gasteiger charge is 2.21. The standard InChI is InChI=1S/C14H14Cl2N2O2S/c1-18(9-10-2-4-11(17)5-3-10)21(19,20)12-6-7-13(15)14(16)8-12/h2-8H,9,17H2,1H3. The van der Waals surface area contributed by atoms with E-state index in [1.807, 2.05) is 0 Å². The minimum absolute atomic E-state index is 0.106. The van der Waals surface area contributed by atoms with Crippen molar-refractivity contribution >= 4 is 38.9 Å². The number of halogens is 2. The summed E-state index contributed by atoms with van der Waals surface area (Å²) < 4.78 is 26.2. The van der Waals surface area contributed by atoms with Crippen LogP contribution in [0.25, 0.3) is 0 Å². The predicted octanol–water partition coefficient (Wildman–Crippen LogP) is 3.40. The Labute approximate surface area is 134 Å². The van der Waals surface area contributed by atoms with Gasteiger partial charge in [0.05, 0.1) is 14.9 Å². The van der Waals surface area contributed by atoms with Crippen LogP contribution in [-0.2, 0) is 16.6 Å². The van der Waals surface area contributed by atoms with Crippen LogP contribution in [-0.4, -0.2) is 19.8 Å². The van der Waals surface area contributed by atoms with Gasteiger partial charge < -0.3 is 5.73 Å². The normalized spacial score (nSPS) is 11.8. The third-order valence-electron chi connectivity index (χ3n) is 2.98. The van der Waals surface area contributed by atoms with E-state index in [1.165, 1.54) is 29.6 Å². The van der Waals surface area contributed by atoms with E-state index in [9.17, 15) is 8.42 Å². The summed E-state index contributed by atoms with van der Waals surface area (Å²) in [5.41, 5.74) is 7.08. The number of anilines is 1. The largest absolute Gasteiger partial charge is 0.399 e. The first kappa shape index (κ1) is 16.1. The van der Waals surface area contributed by atoms with E-state index in [2.05, 4.69) is 0 Å². The van der Waals surface area contributed by atoms with Gasteiger partial charge in [-0.15, -0.1) is 0 Å². The molecule has 2 rings (SSSR count). The smallest absolute Gasteiger partial charge is 0.243 e. The number of hydrogen-bond acceptors (Lipinski definition) is 3. The van der Waals surface area contributed by atoms with E-state index >= 15 is 0 Å². The molecule has 0 atom stereocenters. The quantitative estimate of drug-likeness (QED) is 0.864. The molecule has 2 N–H and O–H groups in total. The number of sulfonamides is 1. The molecule has 2 aromatic carbocycles. The van der Waals surface area contributed by atoms with E-state index in [4.69, 9.17) is 28.9 Å². The average molecular weight is 345 g/mol. The number of rotatable bonds is 4. The fourth-order valence-electron chi connectivity index (χ4n) is 1.78. The van der Waals surface area contributed by atoms with Crippen molar-refractivity contribution in [1.29, 1.82) is 0 Å². The number of nitrogen functional groups attached to an aromatic ring is 1. The Bertz CT molecular complexity index is 746. The highest BCUT2D eigenvalue weighted by atomic mass is 35.5. The molecule has 7 heteroatoms. The molecule has 0 radical (unpaired) electrons. The Morgan fingerprint density at radius 1 is 1.05 bits per heavy atom. The van der Waals surface area contributed by atoms with Crippen molar-refractivity contribution in [2.24, 2.45) is 0 Å². The second-order valence-corrected chi connectivity index (χ2v) is 7.44. The third-order valence-corrected chi connectivity index (χ3v) is 5.52. The van der Waals surface area contributed by atoms with Crippen molar-refractivity contribution in [3.05, 3.63) is 58.1 Å². The van der Waals surface area contributed by atoms with Gasteiger partial charge in [0.25, 0.3) is 0 Å². The number of benzene rings is 2. The van der Waals surface area contributed by atoms with Crippen LogP contribution >= 0.6 is 23.2 Å². The second-order valence-electron chi connectivity index (χ2n) is 4.58. The molecule has 21 heavy (non-hydrogen) atoms. The number of nitrogens with zero attached hydrogens (tertiary/aromatic N) is 1. The van der Waals surface area contributed by atoms with Gasteiger partial charge in [-0.3, -0.25) is 0 Å². The first-order valence-corrected chi connectivity index (χ1v) is 8.26. The Morgan fingerprint density at radius 3 is 2.24 bits per heavy atom. The summed E-state index contributed by atoms with van der Waals surface area (Å²) in [6.07, 6.45) is 0. The van der Waals surface area contributed by atoms with Crippen molar-refractivity contribution in [3.8, 4) is 0 Å². The lowest BCUT2D eigenvalue weighted by molar-refractivity contribution is 0.467. The van der Waals surface area contributed by atoms with Gasteiger partial charge in [0.1, 0.15) is 0 Å². The Balaban J connectivity index is 2.25. The van der Waals surface area contributed by atoms with Crippen molar-refractivity contribution in [2.75, 3.05) is 12.8 Å². The summed E-state index contributed by atoms with van der Waals surface area (Å²) in [6, 6.07) is 11.3. The topological polar surface area (TPSA) is 63.4 Å². The third kappa shape index (κ3) is 3.68. The maximum atomic E-state index is 12.5. The molecule has 0 saturated heterocycles. The molecule has 0 spiro atoms. The first-order valence-electron chi connectivity index (χ1n) is 6.06. The number of hydrogen-bond donors (Lipinski definition) is 1. The zero-order chi connectivity index (χ0) is 15.6. The van der Waals surface area contributed by atoms with Gasteiger partial charge in [0.2, 0.25) is 10.0 Å². The van der Waals surface area contributed by atoms with Crippen LogP contribution in [0, 0.1) is 0 Å². The zero-order valence-corrected chi connectivity index (χ0v) is 13.6. The van der Waals surface area contributed by atoms with Gasteiger partial charge >= 0.3 is 0 Å². The summed E-state index contributed by atoms with van der Waals surface area (Å²) >= 11 is 11.7. The minimum atomic E-state index is -3.63. The highest BCUT2D eigenvalue weighted by molar-refractivity contribution is 7.89. The summed E-state index contributed by atoms with van der Waals surface area (Å²) in [5, 5.41) is 0.524. The Hall–Kier alpha value is -1.27. The van der Waals surface area contributed by atoms with Gasteiger partial charge in [0.15, 0.2) is 0 Å². The van der Waals surface area contributed by atoms with Crippen LogP contribution in [0.5, 0.6) is 0 Å². The van der Waals surface area contributed by atoms with Crippen LogP contribution in [0.3, 0.4) is 0 Å². The molecule has 0 heterocycles. The van der Waals surface area contributed by atoms with E-state index in [-0.39, 0.29) is 16.5 Å². The monoisotopic (exact) mass is 344 g/mol. The highest BCUT2D eigenvalue weighted by Crippen LogP contribution is 2.26. The van der Waals surface area contributed by atoms with Crippen molar-refractivity contribution in [3.63, 3.8) is 0 Å². The van der Waals surface area contributed by atoms with Crippen LogP contribution in [0.4, 0.5) is 5.69 Å². The first-order chi connectivity index (χ1) is 9.80. The predicted molar refractivity (Wildman–Crippen MR) is 86.0 cm³/mol. The van der Waals surface area contributed by atoms with Gasteiger partial charge in [0, 0.05) is 19.3 Å². The van der Waals surface area contributed by atoms with Crippen LogP contribution in [0.2, 0.25) is 10.0 Å². The minimum Gasteiger partial charge on any atom is -0.399 e. The van der Waals surface area contributed by atoms with Gasteiger partial charge in [-0.1, -0.05) is 35.3 Å². The van der Waals surface area contributed by atoms with E-state index in [0.29, 0.717) is 10.7 Å². The molecular formula is C14H14Cl2N2O2S. The van der Waals surface area contributed by atoms with E-state index < -0.39 is 10.0 Å². The lowest BCUT2D eigenvalue weighted by Crippen LogP contribution is -2.26. The van der Waals surface area contributed by atoms with Crippen LogP contribution in [0.15, 0.2) is 47.4 Å². The zero-order valence-electron chi connectivity index (χ0n) is 11.3. The molecule has 0 aliphatic carbocycles. The lowest BCUT2D eigenvalue weighted by Gasteiger charge is -2.17. The van der Waals surface area contributed by atoms with Crippen molar-refractivity contribution in [2.45, 2.75) is 11.4 Å².